The summed E-state index contributed by atoms with van der Waals surface area (Å²) in [7, 11) is 1.58. The summed E-state index contributed by atoms with van der Waals surface area (Å²) in [6.45, 7) is 1.98. The Balaban J connectivity index is 2.50. The van der Waals surface area contributed by atoms with Crippen molar-refractivity contribution in [3.63, 3.8) is 0 Å². The Morgan fingerprint density at radius 3 is 2.58 bits per heavy atom. The predicted octanol–water partition coefficient (Wildman–Crippen LogP) is 1.93. The van der Waals surface area contributed by atoms with Crippen LogP contribution in [0.3, 0.4) is 0 Å². The molecule has 19 heavy (non-hydrogen) atoms. The number of amides is 1. The van der Waals surface area contributed by atoms with Gasteiger partial charge in [0, 0.05) is 12.1 Å². The highest BCUT2D eigenvalue weighted by Crippen LogP contribution is 2.13. The van der Waals surface area contributed by atoms with Crippen LogP contribution in [0.15, 0.2) is 24.3 Å². The molecule has 2 N–H and O–H groups in total. The van der Waals surface area contributed by atoms with E-state index in [0.717, 1.165) is 5.75 Å². The fraction of sp³-hybridized carbons (Fsp3) is 0.500. The molecule has 1 amide bonds. The van der Waals surface area contributed by atoms with Crippen LogP contribution >= 0.6 is 11.8 Å². The molecule has 0 radical (unpaired) electrons. The molecule has 1 aromatic rings. The van der Waals surface area contributed by atoms with Crippen molar-refractivity contribution in [1.29, 1.82) is 0 Å². The number of carbonyl (C=O) groups excluding carboxylic acids is 1. The molecule has 0 aliphatic heterocycles. The number of benzene rings is 1. The van der Waals surface area contributed by atoms with Crippen molar-refractivity contribution in [2.75, 3.05) is 25.7 Å². The number of nitrogens with one attached hydrogen (secondary N) is 1. The van der Waals surface area contributed by atoms with Crippen molar-refractivity contribution in [1.82, 2.24) is 5.32 Å². The van der Waals surface area contributed by atoms with E-state index >= 15 is 0 Å². The Labute approximate surface area is 118 Å². The molecule has 0 saturated carbocycles. The van der Waals surface area contributed by atoms with E-state index in [9.17, 15) is 9.90 Å². The highest BCUT2D eigenvalue weighted by molar-refractivity contribution is 7.98. The molecular weight excluding hydrogens is 262 g/mol. The Morgan fingerprint density at radius 2 is 2.05 bits per heavy atom. The molecule has 1 aromatic carbocycles. The number of hydrogen-bond acceptors (Lipinski definition) is 4. The molecule has 5 heteroatoms. The minimum absolute atomic E-state index is 0.188. The van der Waals surface area contributed by atoms with Crippen molar-refractivity contribution >= 4 is 17.7 Å². The van der Waals surface area contributed by atoms with Crippen LogP contribution in [0.5, 0.6) is 5.75 Å². The van der Waals surface area contributed by atoms with Gasteiger partial charge in [0.1, 0.15) is 5.75 Å². The van der Waals surface area contributed by atoms with E-state index in [2.05, 4.69) is 5.32 Å². The second-order valence-electron chi connectivity index (χ2n) is 4.65. The highest BCUT2D eigenvalue weighted by Gasteiger charge is 2.20. The average Bonchev–Trinajstić information content (AvgIpc) is 2.43. The number of carbonyl (C=O) groups is 1. The first-order valence-electron chi connectivity index (χ1n) is 6.12. The van der Waals surface area contributed by atoms with Gasteiger partial charge in [-0.05, 0) is 49.6 Å². The molecule has 0 aliphatic rings. The molecule has 1 rings (SSSR count). The first-order valence-corrected chi connectivity index (χ1v) is 7.51. The summed E-state index contributed by atoms with van der Waals surface area (Å²) < 4.78 is 5.03. The third kappa shape index (κ3) is 5.53. The van der Waals surface area contributed by atoms with E-state index in [1.165, 1.54) is 0 Å². The number of methoxy groups -OCH3 is 1. The normalized spacial score (nSPS) is 13.7. The molecule has 106 valence electrons. The molecule has 0 spiro atoms. The Hall–Kier alpha value is -1.20. The van der Waals surface area contributed by atoms with E-state index in [1.54, 1.807) is 50.1 Å². The van der Waals surface area contributed by atoms with Gasteiger partial charge in [0.05, 0.1) is 12.7 Å². The van der Waals surface area contributed by atoms with Gasteiger partial charge < -0.3 is 15.2 Å². The number of ether oxygens (including phenoxy) is 1. The second kappa shape index (κ2) is 7.40. The molecule has 0 fully saturated rings. The first-order chi connectivity index (χ1) is 8.98. The monoisotopic (exact) mass is 283 g/mol. The zero-order valence-corrected chi connectivity index (χ0v) is 12.4. The van der Waals surface area contributed by atoms with Gasteiger partial charge in [-0.2, -0.15) is 11.8 Å². The van der Waals surface area contributed by atoms with E-state index in [1.807, 2.05) is 6.26 Å². The Morgan fingerprint density at radius 1 is 1.42 bits per heavy atom. The maximum absolute atomic E-state index is 11.9. The Bertz CT molecular complexity index is 404. The number of hydrogen-bond donors (Lipinski definition) is 2. The van der Waals surface area contributed by atoms with Gasteiger partial charge in [0.15, 0.2) is 0 Å². The smallest absolute Gasteiger partial charge is 0.251 e. The van der Waals surface area contributed by atoms with Gasteiger partial charge >= 0.3 is 0 Å². The summed E-state index contributed by atoms with van der Waals surface area (Å²) in [6, 6.07) is 6.87. The third-order valence-electron chi connectivity index (χ3n) is 2.83. The van der Waals surface area contributed by atoms with Crippen LogP contribution in [0.2, 0.25) is 0 Å². The van der Waals surface area contributed by atoms with Crippen molar-refractivity contribution in [3.05, 3.63) is 29.8 Å². The number of aliphatic hydroxyl groups is 1. The minimum atomic E-state index is -0.870. The topological polar surface area (TPSA) is 58.6 Å². The van der Waals surface area contributed by atoms with Crippen LogP contribution in [0, 0.1) is 0 Å². The maximum Gasteiger partial charge on any atom is 0.251 e. The molecule has 0 saturated heterocycles. The van der Waals surface area contributed by atoms with Crippen LogP contribution in [-0.4, -0.2) is 42.3 Å². The van der Waals surface area contributed by atoms with Gasteiger partial charge in [0.25, 0.3) is 5.91 Å². The standard InChI is InChI=1S/C14H21NO3S/c1-14(17,8-9-19-3)10-15-13(16)11-4-6-12(18-2)7-5-11/h4-7,17H,8-10H2,1-3H3,(H,15,16). The lowest BCUT2D eigenvalue weighted by atomic mass is 10.0. The number of rotatable bonds is 7. The summed E-state index contributed by atoms with van der Waals surface area (Å²) in [5.41, 5.74) is -0.313. The molecular formula is C14H21NO3S. The molecule has 1 unspecified atom stereocenters. The molecule has 4 nitrogen and oxygen atoms in total. The van der Waals surface area contributed by atoms with Gasteiger partial charge in [-0.1, -0.05) is 0 Å². The predicted molar refractivity (Wildman–Crippen MR) is 79.0 cm³/mol. The summed E-state index contributed by atoms with van der Waals surface area (Å²) in [4.78, 5) is 11.9. The lowest BCUT2D eigenvalue weighted by molar-refractivity contribution is 0.0528. The fourth-order valence-electron chi connectivity index (χ4n) is 1.53. The van der Waals surface area contributed by atoms with Crippen LogP contribution in [0.4, 0.5) is 0 Å². The quantitative estimate of drug-likeness (QED) is 0.803. The average molecular weight is 283 g/mol. The van der Waals surface area contributed by atoms with Crippen LogP contribution < -0.4 is 10.1 Å². The third-order valence-corrected chi connectivity index (χ3v) is 3.44. The first kappa shape index (κ1) is 15.9. The van der Waals surface area contributed by atoms with Gasteiger partial charge in [-0.15, -0.1) is 0 Å². The van der Waals surface area contributed by atoms with Crippen LogP contribution in [0.25, 0.3) is 0 Å². The van der Waals surface area contributed by atoms with E-state index in [-0.39, 0.29) is 12.5 Å². The van der Waals surface area contributed by atoms with Crippen molar-refractivity contribution in [2.24, 2.45) is 0 Å². The fourth-order valence-corrected chi connectivity index (χ4v) is 2.17. The molecule has 0 aliphatic carbocycles. The summed E-state index contributed by atoms with van der Waals surface area (Å²) in [5, 5.41) is 12.8. The second-order valence-corrected chi connectivity index (χ2v) is 5.64. The largest absolute Gasteiger partial charge is 0.497 e. The SMILES string of the molecule is COc1ccc(C(=O)NCC(C)(O)CCSC)cc1. The minimum Gasteiger partial charge on any atom is -0.497 e. The molecule has 1 atom stereocenters. The van der Waals surface area contributed by atoms with Crippen molar-refractivity contribution < 1.29 is 14.6 Å². The van der Waals surface area contributed by atoms with Gasteiger partial charge in [0.2, 0.25) is 0 Å². The zero-order valence-electron chi connectivity index (χ0n) is 11.6. The summed E-state index contributed by atoms with van der Waals surface area (Å²) in [5.74, 6) is 1.39. The summed E-state index contributed by atoms with van der Waals surface area (Å²) in [6.07, 6.45) is 2.64. The van der Waals surface area contributed by atoms with Crippen molar-refractivity contribution in [2.45, 2.75) is 18.9 Å². The lowest BCUT2D eigenvalue weighted by Gasteiger charge is -2.23. The van der Waals surface area contributed by atoms with Gasteiger partial charge in [-0.25, -0.2) is 0 Å². The lowest BCUT2D eigenvalue weighted by Crippen LogP contribution is -2.41. The van der Waals surface area contributed by atoms with E-state index in [4.69, 9.17) is 4.74 Å². The van der Waals surface area contributed by atoms with Crippen molar-refractivity contribution in [3.8, 4) is 5.75 Å². The van der Waals surface area contributed by atoms with E-state index < -0.39 is 5.60 Å². The highest BCUT2D eigenvalue weighted by atomic mass is 32.2. The zero-order chi connectivity index (χ0) is 14.3. The molecule has 0 bridgehead atoms. The molecule has 0 heterocycles. The van der Waals surface area contributed by atoms with Crippen LogP contribution in [-0.2, 0) is 0 Å². The Kier molecular flexibility index (Phi) is 6.18. The van der Waals surface area contributed by atoms with Crippen LogP contribution in [0.1, 0.15) is 23.7 Å². The maximum atomic E-state index is 11.9. The van der Waals surface area contributed by atoms with Gasteiger partial charge in [-0.3, -0.25) is 4.79 Å². The summed E-state index contributed by atoms with van der Waals surface area (Å²) >= 11 is 1.68. The van der Waals surface area contributed by atoms with E-state index in [0.29, 0.717) is 17.7 Å². The molecule has 0 aromatic heterocycles. The number of thioether (sulfide) groups is 1.